The van der Waals surface area contributed by atoms with Crippen molar-refractivity contribution in [1.82, 2.24) is 0 Å². The van der Waals surface area contributed by atoms with Gasteiger partial charge in [-0.25, -0.2) is 0 Å². The summed E-state index contributed by atoms with van der Waals surface area (Å²) in [5.74, 6) is -2.04. The number of aliphatic hydroxyl groups is 3. The Balaban J connectivity index is 2.45. The van der Waals surface area contributed by atoms with Crippen LogP contribution in [-0.4, -0.2) is 96.0 Å². The quantitative estimate of drug-likeness (QED) is 0.0199. The summed E-state index contributed by atoms with van der Waals surface area (Å²) in [6.07, 6.45) is 39.4. The van der Waals surface area contributed by atoms with Crippen LogP contribution in [0.4, 0.5) is 0 Å². The average Bonchev–Trinajstić information content (AvgIpc) is 3.24. The van der Waals surface area contributed by atoms with Crippen molar-refractivity contribution in [2.75, 3.05) is 19.0 Å². The van der Waals surface area contributed by atoms with Crippen LogP contribution in [-0.2, 0) is 38.7 Å². The molecule has 0 bridgehead atoms. The molecule has 0 aromatic carbocycles. The van der Waals surface area contributed by atoms with E-state index in [-0.39, 0.29) is 19.4 Å². The summed E-state index contributed by atoms with van der Waals surface area (Å²) < 4.78 is 54.1. The zero-order chi connectivity index (χ0) is 45.5. The van der Waals surface area contributed by atoms with Crippen molar-refractivity contribution in [3.8, 4) is 0 Å². The highest BCUT2D eigenvalue weighted by Gasteiger charge is 2.46. The normalized spacial score (nSPS) is 20.5. The number of aliphatic hydroxyl groups excluding tert-OH is 3. The number of unbranched alkanes of at least 4 members (excludes halogenated alkanes) is 14. The lowest BCUT2D eigenvalue weighted by Gasteiger charge is -2.40. The maximum absolute atomic E-state index is 12.8. The van der Waals surface area contributed by atoms with Gasteiger partial charge in [0.1, 0.15) is 36.8 Å². The van der Waals surface area contributed by atoms with E-state index in [1.807, 2.05) is 0 Å². The average molecular weight is 895 g/mol. The van der Waals surface area contributed by atoms with Gasteiger partial charge in [-0.05, 0) is 77.0 Å². The fourth-order valence-corrected chi connectivity index (χ4v) is 7.32. The topological polar surface area (TPSA) is 186 Å². The number of ether oxygens (including phenoxy) is 4. The van der Waals surface area contributed by atoms with Crippen molar-refractivity contribution in [3.63, 3.8) is 0 Å². The number of hydrogen-bond acceptors (Lipinski definition) is 11. The lowest BCUT2D eigenvalue weighted by molar-refractivity contribution is -0.297. The zero-order valence-corrected chi connectivity index (χ0v) is 38.8. The predicted molar refractivity (Wildman–Crippen MR) is 247 cm³/mol. The van der Waals surface area contributed by atoms with Crippen LogP contribution >= 0.6 is 0 Å². The monoisotopic (exact) mass is 895 g/mol. The van der Waals surface area contributed by atoms with Gasteiger partial charge in [0, 0.05) is 12.8 Å². The minimum Gasteiger partial charge on any atom is -0.462 e. The van der Waals surface area contributed by atoms with E-state index in [0.29, 0.717) is 12.8 Å². The molecule has 13 heteroatoms. The Morgan fingerprint density at radius 3 is 1.55 bits per heavy atom. The molecule has 1 heterocycles. The van der Waals surface area contributed by atoms with Crippen LogP contribution in [0.3, 0.4) is 0 Å². The molecule has 62 heavy (non-hydrogen) atoms. The molecule has 356 valence electrons. The third kappa shape index (κ3) is 32.7. The number of carbonyl (C=O) groups excluding carboxylic acids is 2. The highest BCUT2D eigenvalue weighted by atomic mass is 32.2. The molecule has 0 radical (unpaired) electrons. The Bertz CT molecular complexity index is 1420. The van der Waals surface area contributed by atoms with Gasteiger partial charge in [0.25, 0.3) is 10.1 Å². The second kappa shape index (κ2) is 38.5. The Morgan fingerprint density at radius 2 is 1.02 bits per heavy atom. The molecule has 6 atom stereocenters. The number of hydrogen-bond donors (Lipinski definition) is 4. The van der Waals surface area contributed by atoms with Crippen molar-refractivity contribution >= 4 is 22.1 Å². The van der Waals surface area contributed by atoms with Gasteiger partial charge in [0.2, 0.25) is 0 Å². The maximum atomic E-state index is 12.8. The molecular formula is C49H82O12S. The lowest BCUT2D eigenvalue weighted by Crippen LogP contribution is -2.60. The van der Waals surface area contributed by atoms with Crippen molar-refractivity contribution in [2.24, 2.45) is 0 Å². The highest BCUT2D eigenvalue weighted by Crippen LogP contribution is 2.24. The minimum atomic E-state index is -4.61. The fourth-order valence-electron chi connectivity index (χ4n) is 6.62. The summed E-state index contributed by atoms with van der Waals surface area (Å²) in [4.78, 5) is 25.4. The Hall–Kier alpha value is -2.91. The molecule has 1 rings (SSSR count). The van der Waals surface area contributed by atoms with Gasteiger partial charge in [0.05, 0.1) is 6.61 Å². The standard InChI is InChI=1S/C49H82O12S/c1-3-5-7-9-11-13-15-17-19-20-21-22-24-25-27-29-31-33-35-37-44(50)58-39-42(40-59-49-48(54)47(53)46(52)43(61-49)41-62(55,56)57)60-45(51)38-36-34-32-30-28-26-23-18-16-14-12-10-8-6-4-2/h5,7,10-13,17,19,21-22,25,27,42-43,46-49,52-54H,3-4,6,8-9,14-16,18,20,23-24,26,28-41H2,1-2H3,(H,55,56,57)/b7-5+,12-10+,13-11+,19-17+,22-21+,27-25+/t42-,43-,46-,47?,48?,49+/m1/s1. The molecule has 0 spiro atoms. The Morgan fingerprint density at radius 1 is 0.565 bits per heavy atom. The van der Waals surface area contributed by atoms with Crippen LogP contribution in [0.1, 0.15) is 168 Å². The molecule has 0 amide bonds. The van der Waals surface area contributed by atoms with Crippen LogP contribution in [0, 0.1) is 0 Å². The van der Waals surface area contributed by atoms with Crippen molar-refractivity contribution in [3.05, 3.63) is 72.9 Å². The molecule has 0 saturated carbocycles. The Labute approximate surface area is 374 Å². The van der Waals surface area contributed by atoms with Crippen LogP contribution in [0.25, 0.3) is 0 Å². The van der Waals surface area contributed by atoms with E-state index in [0.717, 1.165) is 83.5 Å². The molecule has 1 saturated heterocycles. The summed E-state index contributed by atoms with van der Waals surface area (Å²) in [7, 11) is -4.61. The van der Waals surface area contributed by atoms with Crippen molar-refractivity contribution in [1.29, 1.82) is 0 Å². The van der Waals surface area contributed by atoms with E-state index in [1.54, 1.807) is 0 Å². The molecule has 4 N–H and O–H groups in total. The number of allylic oxidation sites excluding steroid dienone is 12. The summed E-state index contributed by atoms with van der Waals surface area (Å²) >= 11 is 0. The zero-order valence-electron chi connectivity index (χ0n) is 37.9. The lowest BCUT2D eigenvalue weighted by atomic mass is 10.00. The summed E-state index contributed by atoms with van der Waals surface area (Å²) in [6, 6.07) is 0. The van der Waals surface area contributed by atoms with E-state index in [4.69, 9.17) is 18.9 Å². The number of rotatable bonds is 38. The summed E-state index contributed by atoms with van der Waals surface area (Å²) in [5, 5.41) is 30.9. The van der Waals surface area contributed by atoms with Gasteiger partial charge < -0.3 is 34.3 Å². The SMILES string of the molecule is CC/C=C/C/C=C/C/C=C/C/C=C/C/C=C/CCCCCC(=O)OC[C@H](CO[C@H]1O[C@H](CS(=O)(=O)O)[C@@H](O)C(O)C1O)OC(=O)CCCCCCCCCCC/C=C/CCCC. The first-order valence-corrected chi connectivity index (χ1v) is 25.1. The highest BCUT2D eigenvalue weighted by molar-refractivity contribution is 7.85. The first-order chi connectivity index (χ1) is 30.0. The van der Waals surface area contributed by atoms with E-state index in [1.165, 1.54) is 44.9 Å². The molecule has 12 nitrogen and oxygen atoms in total. The molecule has 0 aromatic heterocycles. The smallest absolute Gasteiger partial charge is 0.306 e. The van der Waals surface area contributed by atoms with E-state index in [2.05, 4.69) is 86.8 Å². The molecule has 0 aromatic rings. The number of esters is 2. The molecule has 0 aliphatic carbocycles. The molecule has 1 aliphatic heterocycles. The predicted octanol–water partition coefficient (Wildman–Crippen LogP) is 9.89. The fraction of sp³-hybridized carbons (Fsp3) is 0.714. The van der Waals surface area contributed by atoms with Crippen molar-refractivity contribution < 1.29 is 56.8 Å². The van der Waals surface area contributed by atoms with Crippen LogP contribution < -0.4 is 0 Å². The van der Waals surface area contributed by atoms with E-state index in [9.17, 15) is 37.9 Å². The van der Waals surface area contributed by atoms with Gasteiger partial charge in [-0.3, -0.25) is 14.1 Å². The van der Waals surface area contributed by atoms with Crippen LogP contribution in [0.15, 0.2) is 72.9 Å². The second-order valence-electron chi connectivity index (χ2n) is 16.0. The van der Waals surface area contributed by atoms with E-state index < -0.39 is 71.2 Å². The molecular weight excluding hydrogens is 813 g/mol. The third-order valence-corrected chi connectivity index (χ3v) is 11.0. The Kier molecular flexibility index (Phi) is 35.5. The van der Waals surface area contributed by atoms with Crippen LogP contribution in [0.2, 0.25) is 0 Å². The van der Waals surface area contributed by atoms with Gasteiger partial charge >= 0.3 is 11.9 Å². The van der Waals surface area contributed by atoms with Gasteiger partial charge in [-0.1, -0.05) is 151 Å². The van der Waals surface area contributed by atoms with Gasteiger partial charge in [0.15, 0.2) is 12.4 Å². The molecule has 1 aliphatic rings. The largest absolute Gasteiger partial charge is 0.462 e. The first-order valence-electron chi connectivity index (χ1n) is 23.5. The number of carbonyl (C=O) groups is 2. The summed E-state index contributed by atoms with van der Waals surface area (Å²) in [6.45, 7) is 3.58. The van der Waals surface area contributed by atoms with Crippen LogP contribution in [0.5, 0.6) is 0 Å². The van der Waals surface area contributed by atoms with E-state index >= 15 is 0 Å². The van der Waals surface area contributed by atoms with Gasteiger partial charge in [-0.2, -0.15) is 8.42 Å². The summed E-state index contributed by atoms with van der Waals surface area (Å²) in [5.41, 5.74) is 0. The minimum absolute atomic E-state index is 0.151. The molecule has 2 unspecified atom stereocenters. The molecule has 1 fully saturated rings. The first kappa shape index (κ1) is 57.1. The van der Waals surface area contributed by atoms with Gasteiger partial charge in [-0.15, -0.1) is 0 Å². The van der Waals surface area contributed by atoms with Crippen molar-refractivity contribution in [2.45, 2.75) is 205 Å². The third-order valence-electron chi connectivity index (χ3n) is 10.3. The second-order valence-corrected chi connectivity index (χ2v) is 17.5. The maximum Gasteiger partial charge on any atom is 0.306 e.